The molecule has 1 aromatic carbocycles. The number of benzene rings is 1. The summed E-state index contributed by atoms with van der Waals surface area (Å²) in [6.07, 6.45) is 1.83. The number of hydrogen-bond donors (Lipinski definition) is 1. The van der Waals surface area contributed by atoms with Crippen LogP contribution < -0.4 is 5.32 Å². The third-order valence-corrected chi connectivity index (χ3v) is 5.13. The van der Waals surface area contributed by atoms with Crippen molar-refractivity contribution in [2.24, 2.45) is 0 Å². The molecule has 30 heavy (non-hydrogen) atoms. The van der Waals surface area contributed by atoms with Gasteiger partial charge >= 0.3 is 12.1 Å². The van der Waals surface area contributed by atoms with Crippen LogP contribution in [0.1, 0.15) is 64.1 Å². The maximum absolute atomic E-state index is 12.3. The largest absolute Gasteiger partial charge is 0.465 e. The summed E-state index contributed by atoms with van der Waals surface area (Å²) in [4.78, 5) is 29.2. The first-order chi connectivity index (χ1) is 14.1. The quantitative estimate of drug-likeness (QED) is 0.610. The van der Waals surface area contributed by atoms with Crippen molar-refractivity contribution in [1.29, 1.82) is 0 Å². The van der Waals surface area contributed by atoms with Gasteiger partial charge in [-0.3, -0.25) is 15.1 Å². The zero-order valence-electron chi connectivity index (χ0n) is 17.9. The van der Waals surface area contributed by atoms with Crippen LogP contribution in [0.4, 0.5) is 10.5 Å². The van der Waals surface area contributed by atoms with E-state index in [0.717, 1.165) is 22.4 Å². The second-order valence-corrected chi connectivity index (χ2v) is 8.89. The molecule has 2 atom stereocenters. The molecule has 0 fully saturated rings. The van der Waals surface area contributed by atoms with Crippen LogP contribution in [0.15, 0.2) is 30.5 Å². The number of amides is 1. The lowest BCUT2D eigenvalue weighted by Crippen LogP contribution is -2.27. The topological polar surface area (TPSA) is 77.5 Å². The number of carbonyl (C=O) groups excluding carboxylic acids is 2. The summed E-state index contributed by atoms with van der Waals surface area (Å²) in [5.41, 5.74) is 3.27. The van der Waals surface area contributed by atoms with Crippen LogP contribution in [0.5, 0.6) is 0 Å². The summed E-state index contributed by atoms with van der Waals surface area (Å²) in [7, 11) is 0. The van der Waals surface area contributed by atoms with Crippen molar-refractivity contribution in [3.05, 3.63) is 46.7 Å². The monoisotopic (exact) mass is 430 g/mol. The molecule has 1 amide bonds. The highest BCUT2D eigenvalue weighted by Gasteiger charge is 2.36. The number of nitrogens with zero attached hydrogens (tertiary/aromatic N) is 1. The minimum Gasteiger partial charge on any atom is -0.465 e. The van der Waals surface area contributed by atoms with Crippen LogP contribution in [0.2, 0.25) is 5.02 Å². The number of anilines is 1. The van der Waals surface area contributed by atoms with Gasteiger partial charge in [0.05, 0.1) is 23.9 Å². The Bertz CT molecular complexity index is 968. The van der Waals surface area contributed by atoms with Crippen molar-refractivity contribution in [2.45, 2.75) is 58.5 Å². The van der Waals surface area contributed by atoms with Crippen molar-refractivity contribution in [3.8, 4) is 11.1 Å². The van der Waals surface area contributed by atoms with Gasteiger partial charge in [-0.15, -0.1) is 0 Å². The third-order valence-electron chi connectivity index (χ3n) is 4.90. The molecule has 6 nitrogen and oxygen atoms in total. The number of halogens is 1. The van der Waals surface area contributed by atoms with Crippen molar-refractivity contribution >= 4 is 29.4 Å². The molecule has 1 N–H and O–H groups in total. The summed E-state index contributed by atoms with van der Waals surface area (Å²) in [6, 6.07) is 7.23. The lowest BCUT2D eigenvalue weighted by atomic mass is 9.99. The SMILES string of the molecule is CCOC(=O)C1CC(C)c2cc(-c3cc(Cl)ccc3NC(=O)OC(C)(C)C)cnc21. The molecule has 2 aromatic rings. The highest BCUT2D eigenvalue weighted by atomic mass is 35.5. The molecule has 0 spiro atoms. The first kappa shape index (κ1) is 22.1. The van der Waals surface area contributed by atoms with Crippen LogP contribution >= 0.6 is 11.6 Å². The molecule has 160 valence electrons. The number of nitrogens with one attached hydrogen (secondary N) is 1. The van der Waals surface area contributed by atoms with E-state index >= 15 is 0 Å². The molecular weight excluding hydrogens is 404 g/mol. The number of pyridine rings is 1. The molecule has 3 rings (SSSR count). The maximum Gasteiger partial charge on any atom is 0.412 e. The van der Waals surface area contributed by atoms with Crippen molar-refractivity contribution in [2.75, 3.05) is 11.9 Å². The zero-order chi connectivity index (χ0) is 22.1. The van der Waals surface area contributed by atoms with Gasteiger partial charge in [-0.05, 0) is 69.9 Å². The summed E-state index contributed by atoms with van der Waals surface area (Å²) in [6.45, 7) is 9.64. The van der Waals surface area contributed by atoms with Crippen molar-refractivity contribution in [1.82, 2.24) is 4.98 Å². The van der Waals surface area contributed by atoms with Crippen molar-refractivity contribution in [3.63, 3.8) is 0 Å². The molecule has 0 radical (unpaired) electrons. The molecule has 0 saturated carbocycles. The fourth-order valence-corrected chi connectivity index (χ4v) is 3.82. The lowest BCUT2D eigenvalue weighted by molar-refractivity contribution is -0.145. The van der Waals surface area contributed by atoms with Crippen LogP contribution in [-0.2, 0) is 14.3 Å². The average molecular weight is 431 g/mol. The molecule has 0 bridgehead atoms. The predicted octanol–water partition coefficient (Wildman–Crippen LogP) is 5.90. The van der Waals surface area contributed by atoms with E-state index in [1.54, 1.807) is 52.1 Å². The first-order valence-corrected chi connectivity index (χ1v) is 10.4. The van der Waals surface area contributed by atoms with Gasteiger partial charge in [-0.1, -0.05) is 18.5 Å². The Morgan fingerprint density at radius 1 is 1.27 bits per heavy atom. The summed E-state index contributed by atoms with van der Waals surface area (Å²) in [5.74, 6) is -0.413. The zero-order valence-corrected chi connectivity index (χ0v) is 18.7. The molecular formula is C23H27ClN2O4. The minimum absolute atomic E-state index is 0.170. The Balaban J connectivity index is 1.95. The Labute approximate surface area is 181 Å². The van der Waals surface area contributed by atoms with E-state index in [-0.39, 0.29) is 17.8 Å². The van der Waals surface area contributed by atoms with Crippen LogP contribution in [0.25, 0.3) is 11.1 Å². The second kappa shape index (κ2) is 8.64. The van der Waals surface area contributed by atoms with Gasteiger partial charge in [0.2, 0.25) is 0 Å². The third kappa shape index (κ3) is 4.93. The molecule has 1 aromatic heterocycles. The highest BCUT2D eigenvalue weighted by Crippen LogP contribution is 2.43. The molecule has 0 saturated heterocycles. The number of ether oxygens (including phenoxy) is 2. The molecule has 1 aliphatic rings. The van der Waals surface area contributed by atoms with E-state index in [1.807, 2.05) is 6.07 Å². The summed E-state index contributed by atoms with van der Waals surface area (Å²) >= 11 is 6.23. The van der Waals surface area contributed by atoms with Gasteiger partial charge in [0.1, 0.15) is 5.60 Å². The number of esters is 1. The van der Waals surface area contributed by atoms with E-state index in [2.05, 4.69) is 17.2 Å². The highest BCUT2D eigenvalue weighted by molar-refractivity contribution is 6.31. The van der Waals surface area contributed by atoms with Gasteiger partial charge in [-0.2, -0.15) is 0 Å². The lowest BCUT2D eigenvalue weighted by Gasteiger charge is -2.20. The van der Waals surface area contributed by atoms with E-state index in [1.165, 1.54) is 0 Å². The second-order valence-electron chi connectivity index (χ2n) is 8.46. The van der Waals surface area contributed by atoms with Crippen LogP contribution in [-0.4, -0.2) is 29.3 Å². The smallest absolute Gasteiger partial charge is 0.412 e. The number of carbonyl (C=O) groups is 2. The van der Waals surface area contributed by atoms with Crippen LogP contribution in [0, 0.1) is 0 Å². The van der Waals surface area contributed by atoms with E-state index < -0.39 is 11.7 Å². The van der Waals surface area contributed by atoms with E-state index in [4.69, 9.17) is 21.1 Å². The summed E-state index contributed by atoms with van der Waals surface area (Å²) in [5, 5.41) is 3.33. The number of fused-ring (bicyclic) bond motifs is 1. The fraction of sp³-hybridized carbons (Fsp3) is 0.435. The average Bonchev–Trinajstić information content (AvgIpc) is 2.98. The minimum atomic E-state index is -0.608. The molecule has 7 heteroatoms. The molecule has 1 heterocycles. The van der Waals surface area contributed by atoms with E-state index in [0.29, 0.717) is 23.7 Å². The van der Waals surface area contributed by atoms with Gasteiger partial charge in [0.25, 0.3) is 0 Å². The number of hydrogen-bond acceptors (Lipinski definition) is 5. The standard InChI is InChI=1S/C23H27ClN2O4/c1-6-29-21(27)18-9-13(2)16-10-14(12-25-20(16)18)17-11-15(24)7-8-19(17)26-22(28)30-23(3,4)5/h7-8,10-13,18H,6,9H2,1-5H3,(H,26,28). The predicted molar refractivity (Wildman–Crippen MR) is 117 cm³/mol. The van der Waals surface area contributed by atoms with Gasteiger partial charge in [-0.25, -0.2) is 4.79 Å². The Morgan fingerprint density at radius 3 is 2.67 bits per heavy atom. The number of aromatic nitrogens is 1. The molecule has 1 aliphatic carbocycles. The normalized spacial score (nSPS) is 17.9. The number of rotatable bonds is 4. The van der Waals surface area contributed by atoms with Gasteiger partial charge in [0.15, 0.2) is 0 Å². The Kier molecular flexibility index (Phi) is 6.36. The Hall–Kier alpha value is -2.60. The maximum atomic E-state index is 12.3. The molecule has 0 aliphatic heterocycles. The Morgan fingerprint density at radius 2 is 2.00 bits per heavy atom. The first-order valence-electron chi connectivity index (χ1n) is 10.1. The van der Waals surface area contributed by atoms with Crippen molar-refractivity contribution < 1.29 is 19.1 Å². The fourth-order valence-electron chi connectivity index (χ4n) is 3.65. The molecule has 2 unspecified atom stereocenters. The van der Waals surface area contributed by atoms with Gasteiger partial charge in [0, 0.05) is 22.3 Å². The summed E-state index contributed by atoms with van der Waals surface area (Å²) < 4.78 is 10.6. The van der Waals surface area contributed by atoms with Gasteiger partial charge < -0.3 is 9.47 Å². The van der Waals surface area contributed by atoms with Crippen LogP contribution in [0.3, 0.4) is 0 Å². The van der Waals surface area contributed by atoms with E-state index in [9.17, 15) is 9.59 Å².